The van der Waals surface area contributed by atoms with Gasteiger partial charge in [-0.1, -0.05) is 34.1 Å². The summed E-state index contributed by atoms with van der Waals surface area (Å²) in [7, 11) is 0. The maximum atomic E-state index is 12.5. The fraction of sp³-hybridized carbons (Fsp3) is 0.300. The molecule has 2 amide bonds. The van der Waals surface area contributed by atoms with Crippen LogP contribution in [0.5, 0.6) is 0 Å². The van der Waals surface area contributed by atoms with Gasteiger partial charge in [0.05, 0.1) is 6.04 Å². The summed E-state index contributed by atoms with van der Waals surface area (Å²) in [4.78, 5) is 26.3. The van der Waals surface area contributed by atoms with Crippen molar-refractivity contribution in [1.29, 1.82) is 0 Å². The second kappa shape index (κ2) is 7.83. The third kappa shape index (κ3) is 4.10. The summed E-state index contributed by atoms with van der Waals surface area (Å²) < 4.78 is 0.974. The van der Waals surface area contributed by atoms with Crippen molar-refractivity contribution in [2.45, 2.75) is 32.2 Å². The van der Waals surface area contributed by atoms with Crippen molar-refractivity contribution in [3.8, 4) is 0 Å². The van der Waals surface area contributed by atoms with E-state index in [0.717, 1.165) is 35.1 Å². The zero-order valence-electron chi connectivity index (χ0n) is 14.2. The van der Waals surface area contributed by atoms with E-state index in [1.165, 1.54) is 0 Å². The Labute approximate surface area is 156 Å². The van der Waals surface area contributed by atoms with Crippen molar-refractivity contribution < 1.29 is 9.59 Å². The molecule has 1 atom stereocenters. The molecule has 2 aromatic rings. The molecule has 1 aliphatic rings. The molecule has 1 N–H and O–H groups in total. The highest BCUT2D eigenvalue weighted by Crippen LogP contribution is 2.24. The highest BCUT2D eigenvalue weighted by Gasteiger charge is 2.20. The van der Waals surface area contributed by atoms with E-state index in [2.05, 4.69) is 21.2 Å². The van der Waals surface area contributed by atoms with Crippen molar-refractivity contribution in [2.75, 3.05) is 11.4 Å². The standard InChI is InChI=1S/C20H21BrN2O2/c1-14(17-6-2-3-7-18(17)21)22-20(25)15-9-11-16(12-10-15)23-13-5-4-8-19(23)24/h2-3,6-7,9-12,14H,4-5,8,13H2,1H3,(H,22,25). The summed E-state index contributed by atoms with van der Waals surface area (Å²) in [5.74, 6) is 0.0331. The zero-order valence-corrected chi connectivity index (χ0v) is 15.8. The maximum absolute atomic E-state index is 12.5. The Morgan fingerprint density at radius 3 is 2.52 bits per heavy atom. The first-order valence-electron chi connectivity index (χ1n) is 8.52. The summed E-state index contributed by atoms with van der Waals surface area (Å²) in [5, 5.41) is 3.01. The number of benzene rings is 2. The minimum Gasteiger partial charge on any atom is -0.345 e. The van der Waals surface area contributed by atoms with Crippen LogP contribution in [0.1, 0.15) is 48.1 Å². The number of amides is 2. The molecule has 1 aliphatic heterocycles. The van der Waals surface area contributed by atoms with E-state index in [4.69, 9.17) is 0 Å². The smallest absolute Gasteiger partial charge is 0.251 e. The SMILES string of the molecule is CC(NC(=O)c1ccc(N2CCCCC2=O)cc1)c1ccccc1Br. The van der Waals surface area contributed by atoms with Gasteiger partial charge in [-0.2, -0.15) is 0 Å². The average molecular weight is 401 g/mol. The molecular weight excluding hydrogens is 380 g/mol. The molecule has 0 bridgehead atoms. The lowest BCUT2D eigenvalue weighted by molar-refractivity contribution is -0.119. The number of carbonyl (C=O) groups is 2. The predicted octanol–water partition coefficient (Wildman–Crippen LogP) is 4.46. The number of nitrogens with one attached hydrogen (secondary N) is 1. The molecule has 3 rings (SSSR count). The number of hydrogen-bond donors (Lipinski definition) is 1. The van der Waals surface area contributed by atoms with Gasteiger partial charge < -0.3 is 10.2 Å². The van der Waals surface area contributed by atoms with Gasteiger partial charge in [-0.25, -0.2) is 0 Å². The topological polar surface area (TPSA) is 49.4 Å². The Morgan fingerprint density at radius 2 is 1.84 bits per heavy atom. The third-order valence-corrected chi connectivity index (χ3v) is 5.21. The van der Waals surface area contributed by atoms with Crippen molar-refractivity contribution >= 4 is 33.4 Å². The summed E-state index contributed by atoms with van der Waals surface area (Å²) in [6.45, 7) is 2.71. The second-order valence-electron chi connectivity index (χ2n) is 6.27. The molecule has 0 saturated carbocycles. The van der Waals surface area contributed by atoms with Gasteiger partial charge in [0.2, 0.25) is 5.91 Å². The molecule has 130 valence electrons. The molecule has 0 spiro atoms. The number of rotatable bonds is 4. The molecule has 1 fully saturated rings. The summed E-state index contributed by atoms with van der Waals surface area (Å²) in [5.41, 5.74) is 2.48. The molecule has 4 nitrogen and oxygen atoms in total. The Morgan fingerprint density at radius 1 is 1.12 bits per heavy atom. The van der Waals surface area contributed by atoms with Gasteiger partial charge in [-0.05, 0) is 55.7 Å². The molecule has 2 aromatic carbocycles. The van der Waals surface area contributed by atoms with Gasteiger partial charge in [-0.15, -0.1) is 0 Å². The number of piperidine rings is 1. The second-order valence-corrected chi connectivity index (χ2v) is 7.12. The lowest BCUT2D eigenvalue weighted by Crippen LogP contribution is -2.35. The highest BCUT2D eigenvalue weighted by atomic mass is 79.9. The van der Waals surface area contributed by atoms with E-state index in [0.29, 0.717) is 12.0 Å². The van der Waals surface area contributed by atoms with Gasteiger partial charge in [0.15, 0.2) is 0 Å². The third-order valence-electron chi connectivity index (χ3n) is 4.48. The van der Waals surface area contributed by atoms with Crippen LogP contribution in [0.15, 0.2) is 53.0 Å². The van der Waals surface area contributed by atoms with E-state index >= 15 is 0 Å². The summed E-state index contributed by atoms with van der Waals surface area (Å²) >= 11 is 3.51. The van der Waals surface area contributed by atoms with Crippen LogP contribution >= 0.6 is 15.9 Å². The highest BCUT2D eigenvalue weighted by molar-refractivity contribution is 9.10. The normalized spacial score (nSPS) is 15.8. The molecule has 1 saturated heterocycles. The van der Waals surface area contributed by atoms with Crippen LogP contribution in [-0.2, 0) is 4.79 Å². The molecule has 25 heavy (non-hydrogen) atoms. The maximum Gasteiger partial charge on any atom is 0.251 e. The van der Waals surface area contributed by atoms with E-state index in [9.17, 15) is 9.59 Å². The van der Waals surface area contributed by atoms with E-state index in [1.807, 2.05) is 43.3 Å². The molecule has 1 heterocycles. The molecule has 0 aliphatic carbocycles. The average Bonchev–Trinajstić information content (AvgIpc) is 2.62. The number of hydrogen-bond acceptors (Lipinski definition) is 2. The fourth-order valence-electron chi connectivity index (χ4n) is 3.06. The van der Waals surface area contributed by atoms with E-state index in [1.54, 1.807) is 17.0 Å². The predicted molar refractivity (Wildman–Crippen MR) is 103 cm³/mol. The molecular formula is C20H21BrN2O2. The lowest BCUT2D eigenvalue weighted by Gasteiger charge is -2.26. The summed E-state index contributed by atoms with van der Waals surface area (Å²) in [6, 6.07) is 15.0. The minimum atomic E-state index is -0.125. The van der Waals surface area contributed by atoms with Gasteiger partial charge in [0, 0.05) is 28.7 Å². The molecule has 1 unspecified atom stereocenters. The Kier molecular flexibility index (Phi) is 5.53. The summed E-state index contributed by atoms with van der Waals surface area (Å²) in [6.07, 6.45) is 2.59. The van der Waals surface area contributed by atoms with Crippen molar-refractivity contribution in [3.63, 3.8) is 0 Å². The first-order chi connectivity index (χ1) is 12.1. The Hall–Kier alpha value is -2.14. The van der Waals surface area contributed by atoms with Crippen molar-refractivity contribution in [2.24, 2.45) is 0 Å². The van der Waals surface area contributed by atoms with Crippen LogP contribution in [0, 0.1) is 0 Å². The molecule has 0 radical (unpaired) electrons. The van der Waals surface area contributed by atoms with Crippen molar-refractivity contribution in [3.05, 3.63) is 64.1 Å². The minimum absolute atomic E-state index is 0.105. The molecule has 0 aromatic heterocycles. The number of carbonyl (C=O) groups excluding carboxylic acids is 2. The van der Waals surface area contributed by atoms with Crippen LogP contribution in [0.3, 0.4) is 0 Å². The van der Waals surface area contributed by atoms with Gasteiger partial charge in [0.1, 0.15) is 0 Å². The quantitative estimate of drug-likeness (QED) is 0.823. The lowest BCUT2D eigenvalue weighted by atomic mass is 10.1. The Bertz CT molecular complexity index is 774. The van der Waals surface area contributed by atoms with Gasteiger partial charge in [0.25, 0.3) is 5.91 Å². The number of nitrogens with zero attached hydrogens (tertiary/aromatic N) is 1. The van der Waals surface area contributed by atoms with Gasteiger partial charge in [-0.3, -0.25) is 9.59 Å². The molecule has 5 heteroatoms. The monoisotopic (exact) mass is 400 g/mol. The Balaban J connectivity index is 1.68. The van der Waals surface area contributed by atoms with Crippen LogP contribution in [0.25, 0.3) is 0 Å². The van der Waals surface area contributed by atoms with Crippen LogP contribution in [-0.4, -0.2) is 18.4 Å². The first kappa shape index (κ1) is 17.7. The van der Waals surface area contributed by atoms with E-state index < -0.39 is 0 Å². The van der Waals surface area contributed by atoms with Crippen LogP contribution < -0.4 is 10.2 Å². The van der Waals surface area contributed by atoms with E-state index in [-0.39, 0.29) is 17.9 Å². The number of halogens is 1. The largest absolute Gasteiger partial charge is 0.345 e. The van der Waals surface area contributed by atoms with Crippen molar-refractivity contribution in [1.82, 2.24) is 5.32 Å². The van der Waals surface area contributed by atoms with Gasteiger partial charge >= 0.3 is 0 Å². The fourth-order valence-corrected chi connectivity index (χ4v) is 3.68. The van der Waals surface area contributed by atoms with Crippen LogP contribution in [0.2, 0.25) is 0 Å². The number of anilines is 1. The zero-order chi connectivity index (χ0) is 17.8. The first-order valence-corrected chi connectivity index (χ1v) is 9.31. The van der Waals surface area contributed by atoms with Crippen LogP contribution in [0.4, 0.5) is 5.69 Å².